The number of pyridine rings is 1. The number of nitrogens with two attached hydrogens (primary N) is 1. The third-order valence-electron chi connectivity index (χ3n) is 4.72. The summed E-state index contributed by atoms with van der Waals surface area (Å²) < 4.78 is 47.1. The van der Waals surface area contributed by atoms with Crippen molar-refractivity contribution in [1.82, 2.24) is 9.47 Å². The Morgan fingerprint density at radius 1 is 1.29 bits per heavy atom. The smallest absolute Gasteiger partial charge is 0.379 e. The number of hydrogen-bond acceptors (Lipinski definition) is 4. The molecule has 0 bridgehead atoms. The maximum atomic E-state index is 13.8. The predicted molar refractivity (Wildman–Crippen MR) is 96.2 cm³/mol. The zero-order valence-corrected chi connectivity index (χ0v) is 15.2. The topological polar surface area (TPSA) is 77.6 Å². The highest BCUT2D eigenvalue weighted by molar-refractivity contribution is 5.94. The molecule has 28 heavy (non-hydrogen) atoms. The first-order valence-corrected chi connectivity index (χ1v) is 8.73. The Kier molecular flexibility index (Phi) is 5.57. The minimum atomic E-state index is -4.80. The molecule has 1 unspecified atom stereocenters. The van der Waals surface area contributed by atoms with E-state index in [0.29, 0.717) is 24.3 Å². The molecule has 0 radical (unpaired) electrons. The fourth-order valence-electron chi connectivity index (χ4n) is 3.31. The summed E-state index contributed by atoms with van der Waals surface area (Å²) in [6.45, 7) is 3.17. The molecule has 2 N–H and O–H groups in total. The van der Waals surface area contributed by atoms with E-state index < -0.39 is 28.9 Å². The van der Waals surface area contributed by atoms with Gasteiger partial charge in [-0.1, -0.05) is 18.2 Å². The maximum absolute atomic E-state index is 13.8. The third kappa shape index (κ3) is 3.95. The van der Waals surface area contributed by atoms with Crippen molar-refractivity contribution in [2.75, 3.05) is 19.8 Å². The van der Waals surface area contributed by atoms with Crippen molar-refractivity contribution in [3.63, 3.8) is 0 Å². The van der Waals surface area contributed by atoms with Crippen molar-refractivity contribution in [3.05, 3.63) is 63.6 Å². The van der Waals surface area contributed by atoms with Gasteiger partial charge in [-0.05, 0) is 30.7 Å². The number of morpholine rings is 1. The Balaban J connectivity index is 2.22. The van der Waals surface area contributed by atoms with Crippen LogP contribution in [-0.2, 0) is 17.5 Å². The Labute approximate surface area is 159 Å². The van der Waals surface area contributed by atoms with Crippen molar-refractivity contribution in [2.45, 2.75) is 25.7 Å². The van der Waals surface area contributed by atoms with Gasteiger partial charge in [-0.3, -0.25) is 19.1 Å². The number of alkyl halides is 3. The van der Waals surface area contributed by atoms with E-state index in [2.05, 4.69) is 0 Å². The molecule has 0 aliphatic carbocycles. The van der Waals surface area contributed by atoms with Gasteiger partial charge in [0.15, 0.2) is 0 Å². The molecule has 6 nitrogen and oxygen atoms in total. The van der Waals surface area contributed by atoms with E-state index in [0.717, 1.165) is 6.07 Å². The maximum Gasteiger partial charge on any atom is 0.431 e. The lowest BCUT2D eigenvalue weighted by atomic mass is 10.0. The van der Waals surface area contributed by atoms with E-state index in [4.69, 9.17) is 10.5 Å². The fourth-order valence-corrected chi connectivity index (χ4v) is 3.31. The number of benzene rings is 1. The first kappa shape index (κ1) is 20.1. The second-order valence-corrected chi connectivity index (χ2v) is 6.66. The Morgan fingerprint density at radius 3 is 2.54 bits per heavy atom. The highest BCUT2D eigenvalue weighted by atomic mass is 19.4. The molecule has 1 aromatic carbocycles. The Hall–Kier alpha value is -2.65. The van der Waals surface area contributed by atoms with Crippen LogP contribution in [0.25, 0.3) is 5.69 Å². The van der Waals surface area contributed by atoms with Crippen LogP contribution in [-0.4, -0.2) is 41.2 Å². The first-order valence-electron chi connectivity index (χ1n) is 8.73. The highest BCUT2D eigenvalue weighted by Crippen LogP contribution is 2.31. The summed E-state index contributed by atoms with van der Waals surface area (Å²) in [7, 11) is 0. The van der Waals surface area contributed by atoms with Crippen molar-refractivity contribution in [1.29, 1.82) is 0 Å². The molecule has 1 saturated heterocycles. The first-order chi connectivity index (χ1) is 13.2. The molecule has 150 valence electrons. The van der Waals surface area contributed by atoms with Crippen molar-refractivity contribution in [3.8, 4) is 5.69 Å². The number of para-hydroxylation sites is 1. The number of primary amides is 1. The lowest BCUT2D eigenvalue weighted by Crippen LogP contribution is -2.44. The number of carbonyl (C=O) groups is 1. The van der Waals surface area contributed by atoms with Crippen LogP contribution in [0, 0.1) is 0 Å². The van der Waals surface area contributed by atoms with Gasteiger partial charge in [0, 0.05) is 24.8 Å². The van der Waals surface area contributed by atoms with Crippen LogP contribution in [0.1, 0.15) is 28.5 Å². The second kappa shape index (κ2) is 7.76. The van der Waals surface area contributed by atoms with E-state index in [1.165, 1.54) is 24.3 Å². The summed E-state index contributed by atoms with van der Waals surface area (Å²) in [6, 6.07) is 8.14. The average molecular weight is 395 g/mol. The van der Waals surface area contributed by atoms with Gasteiger partial charge in [0.2, 0.25) is 0 Å². The van der Waals surface area contributed by atoms with Crippen LogP contribution in [0.2, 0.25) is 0 Å². The summed E-state index contributed by atoms with van der Waals surface area (Å²) in [4.78, 5) is 26.8. The number of carbonyl (C=O) groups excluding carboxylic acids is 1. The standard InChI is InChI=1S/C19H20F3N3O3/c1-12-11-28-8-7-24(12)10-13-9-15(19(20,21)22)25(14-5-3-2-4-6-14)18(27)16(13)17(23)26/h2-6,9,12H,7-8,10-11H2,1H3,(H2,23,26). The fraction of sp³-hybridized carbons (Fsp3) is 0.368. The largest absolute Gasteiger partial charge is 0.431 e. The van der Waals surface area contributed by atoms with Crippen LogP contribution < -0.4 is 11.3 Å². The summed E-state index contributed by atoms with van der Waals surface area (Å²) >= 11 is 0. The molecule has 0 spiro atoms. The van der Waals surface area contributed by atoms with Crippen molar-refractivity contribution in [2.24, 2.45) is 5.73 Å². The number of ether oxygens (including phenoxy) is 1. The zero-order valence-electron chi connectivity index (χ0n) is 15.2. The molecular weight excluding hydrogens is 375 g/mol. The van der Waals surface area contributed by atoms with Gasteiger partial charge in [0.05, 0.1) is 13.2 Å². The Bertz CT molecular complexity index is 926. The van der Waals surface area contributed by atoms with Gasteiger partial charge < -0.3 is 10.5 Å². The molecule has 0 saturated carbocycles. The van der Waals surface area contributed by atoms with Crippen molar-refractivity contribution >= 4 is 5.91 Å². The van der Waals surface area contributed by atoms with E-state index in [1.54, 1.807) is 6.07 Å². The van der Waals surface area contributed by atoms with Crippen molar-refractivity contribution < 1.29 is 22.7 Å². The minimum absolute atomic E-state index is 0.00322. The van der Waals surface area contributed by atoms with E-state index in [9.17, 15) is 22.8 Å². The number of nitrogens with zero attached hydrogens (tertiary/aromatic N) is 2. The number of aromatic nitrogens is 1. The summed E-state index contributed by atoms with van der Waals surface area (Å²) in [5, 5.41) is 0. The molecule has 1 amide bonds. The minimum Gasteiger partial charge on any atom is -0.379 e. The average Bonchev–Trinajstić information content (AvgIpc) is 2.63. The van der Waals surface area contributed by atoms with E-state index in [-0.39, 0.29) is 23.8 Å². The SMILES string of the molecule is CC1COCCN1Cc1cc(C(F)(F)F)n(-c2ccccc2)c(=O)c1C(N)=O. The molecule has 1 fully saturated rings. The lowest BCUT2D eigenvalue weighted by molar-refractivity contribution is -0.143. The normalized spacial score (nSPS) is 18.2. The molecule has 2 aromatic rings. The van der Waals surface area contributed by atoms with Crippen LogP contribution in [0.15, 0.2) is 41.2 Å². The molecule has 2 heterocycles. The van der Waals surface area contributed by atoms with E-state index in [1.807, 2.05) is 11.8 Å². The molecular formula is C19H20F3N3O3. The lowest BCUT2D eigenvalue weighted by Gasteiger charge is -2.33. The summed E-state index contributed by atoms with van der Waals surface area (Å²) in [5.74, 6) is -1.06. The predicted octanol–water partition coefficient (Wildman–Crippen LogP) is 2.18. The van der Waals surface area contributed by atoms with Gasteiger partial charge in [-0.25, -0.2) is 0 Å². The van der Waals surface area contributed by atoms with Gasteiger partial charge in [-0.15, -0.1) is 0 Å². The van der Waals surface area contributed by atoms with Gasteiger partial charge in [0.1, 0.15) is 11.3 Å². The zero-order chi connectivity index (χ0) is 20.5. The molecule has 3 rings (SSSR count). The van der Waals surface area contributed by atoms with Crippen LogP contribution in [0.4, 0.5) is 13.2 Å². The summed E-state index contributed by atoms with van der Waals surface area (Å²) in [6.07, 6.45) is -4.80. The quantitative estimate of drug-likeness (QED) is 0.861. The van der Waals surface area contributed by atoms with Crippen LogP contribution in [0.5, 0.6) is 0 Å². The second-order valence-electron chi connectivity index (χ2n) is 6.66. The number of halogens is 3. The summed E-state index contributed by atoms with van der Waals surface area (Å²) in [5.41, 5.74) is 2.69. The van der Waals surface area contributed by atoms with E-state index >= 15 is 0 Å². The highest BCUT2D eigenvalue weighted by Gasteiger charge is 2.37. The molecule has 9 heteroatoms. The third-order valence-corrected chi connectivity index (χ3v) is 4.72. The monoisotopic (exact) mass is 395 g/mol. The Morgan fingerprint density at radius 2 is 1.96 bits per heavy atom. The number of amides is 1. The molecule has 1 aliphatic rings. The van der Waals surface area contributed by atoms with Gasteiger partial charge in [0.25, 0.3) is 11.5 Å². The van der Waals surface area contributed by atoms with Gasteiger partial charge in [-0.2, -0.15) is 13.2 Å². The molecule has 1 atom stereocenters. The van der Waals surface area contributed by atoms with Crippen LogP contribution in [0.3, 0.4) is 0 Å². The van der Waals surface area contributed by atoms with Crippen LogP contribution >= 0.6 is 0 Å². The number of hydrogen-bond donors (Lipinski definition) is 1. The van der Waals surface area contributed by atoms with Gasteiger partial charge >= 0.3 is 6.18 Å². The molecule has 1 aliphatic heterocycles. The number of rotatable bonds is 4. The molecule has 1 aromatic heterocycles.